The lowest BCUT2D eigenvalue weighted by Gasteiger charge is -2.33. The molecule has 0 radical (unpaired) electrons. The second kappa shape index (κ2) is 11.9. The predicted octanol–water partition coefficient (Wildman–Crippen LogP) is 2.98. The van der Waals surface area contributed by atoms with Gasteiger partial charge >= 0.3 is 0 Å². The first-order chi connectivity index (χ1) is 13.1. The zero-order valence-electron chi connectivity index (χ0n) is 17.8. The monoisotopic (exact) mass is 503 g/mol. The highest BCUT2D eigenvalue weighted by Crippen LogP contribution is 2.18. The highest BCUT2D eigenvalue weighted by atomic mass is 127. The van der Waals surface area contributed by atoms with Crippen molar-refractivity contribution in [1.82, 2.24) is 30.3 Å². The predicted molar refractivity (Wildman–Crippen MR) is 125 cm³/mol. The summed E-state index contributed by atoms with van der Waals surface area (Å²) in [5.74, 6) is 2.76. The molecule has 1 aromatic rings. The molecule has 1 aliphatic carbocycles. The number of hydrogen-bond donors (Lipinski definition) is 2. The molecule has 0 spiro atoms. The first-order valence-corrected chi connectivity index (χ1v) is 10.8. The quantitative estimate of drug-likeness (QED) is 0.259. The molecule has 3 rings (SSSR count). The van der Waals surface area contributed by atoms with Crippen LogP contribution in [0.2, 0.25) is 0 Å². The summed E-state index contributed by atoms with van der Waals surface area (Å²) in [6.45, 7) is 8.28. The number of piperidine rings is 1. The Bertz CT molecular complexity index is 610. The number of aryl methyl sites for hydroxylation is 1. The highest BCUT2D eigenvalue weighted by Gasteiger charge is 2.18. The van der Waals surface area contributed by atoms with Crippen LogP contribution in [-0.4, -0.2) is 57.3 Å². The van der Waals surface area contributed by atoms with Crippen LogP contribution >= 0.6 is 24.0 Å². The summed E-state index contributed by atoms with van der Waals surface area (Å²) in [5, 5.41) is 15.5. The van der Waals surface area contributed by atoms with Crippen LogP contribution in [-0.2, 0) is 13.6 Å². The topological polar surface area (TPSA) is 70.4 Å². The Kier molecular flexibility index (Phi) is 9.98. The number of halogens is 1. The molecule has 1 aromatic heterocycles. The summed E-state index contributed by atoms with van der Waals surface area (Å²) < 4.78 is 2.01. The van der Waals surface area contributed by atoms with Crippen molar-refractivity contribution in [3.63, 3.8) is 0 Å². The summed E-state index contributed by atoms with van der Waals surface area (Å²) in [6, 6.07) is 1.29. The largest absolute Gasteiger partial charge is 0.356 e. The Morgan fingerprint density at radius 2 is 1.89 bits per heavy atom. The van der Waals surface area contributed by atoms with E-state index in [4.69, 9.17) is 4.99 Å². The lowest BCUT2D eigenvalue weighted by molar-refractivity contribution is 0.159. The number of aliphatic imine (C=N–C) groups is 1. The Morgan fingerprint density at radius 1 is 1.14 bits per heavy atom. The van der Waals surface area contributed by atoms with Crippen LogP contribution in [0, 0.1) is 6.92 Å². The number of hydrogen-bond acceptors (Lipinski definition) is 4. The second-order valence-electron chi connectivity index (χ2n) is 8.17. The van der Waals surface area contributed by atoms with Crippen molar-refractivity contribution in [2.75, 3.05) is 19.6 Å². The molecule has 7 nitrogen and oxygen atoms in total. The lowest BCUT2D eigenvalue weighted by Crippen LogP contribution is -2.44. The van der Waals surface area contributed by atoms with Crippen molar-refractivity contribution in [3.05, 3.63) is 11.6 Å². The van der Waals surface area contributed by atoms with Gasteiger partial charge in [0.05, 0.1) is 0 Å². The molecule has 1 aliphatic heterocycles. The third kappa shape index (κ3) is 6.86. The van der Waals surface area contributed by atoms with Gasteiger partial charge in [-0.2, -0.15) is 0 Å². The Morgan fingerprint density at radius 3 is 2.57 bits per heavy atom. The van der Waals surface area contributed by atoms with Gasteiger partial charge in [0.1, 0.15) is 12.4 Å². The number of rotatable bonds is 7. The smallest absolute Gasteiger partial charge is 0.191 e. The van der Waals surface area contributed by atoms with Gasteiger partial charge in [0.15, 0.2) is 11.8 Å². The van der Waals surface area contributed by atoms with Crippen molar-refractivity contribution in [2.45, 2.75) is 83.8 Å². The van der Waals surface area contributed by atoms with E-state index in [9.17, 15) is 0 Å². The minimum absolute atomic E-state index is 0. The van der Waals surface area contributed by atoms with E-state index in [0.29, 0.717) is 12.6 Å². The van der Waals surface area contributed by atoms with Gasteiger partial charge in [-0.1, -0.05) is 19.3 Å². The molecular weight excluding hydrogens is 465 g/mol. The maximum atomic E-state index is 4.79. The molecule has 2 heterocycles. The van der Waals surface area contributed by atoms with E-state index in [1.165, 1.54) is 58.0 Å². The standard InChI is InChI=1S/C20H37N7.HI/c1-16-9-6-7-13-27(16)14-8-12-21-20(23-18-10-4-5-11-18)22-15-19-25-24-17(2)26(19)3;/h16,18H,4-15H2,1-3H3,(H2,21,22,23);1H. The fourth-order valence-electron chi connectivity index (χ4n) is 4.13. The number of aromatic nitrogens is 3. The van der Waals surface area contributed by atoms with E-state index >= 15 is 0 Å². The summed E-state index contributed by atoms with van der Waals surface area (Å²) in [7, 11) is 2.00. The van der Waals surface area contributed by atoms with Crippen LogP contribution in [0.15, 0.2) is 4.99 Å². The molecule has 1 unspecified atom stereocenters. The van der Waals surface area contributed by atoms with Gasteiger partial charge in [-0.25, -0.2) is 4.99 Å². The van der Waals surface area contributed by atoms with Gasteiger partial charge < -0.3 is 20.1 Å². The first kappa shape index (κ1) is 23.4. The molecule has 0 amide bonds. The van der Waals surface area contributed by atoms with E-state index in [2.05, 4.69) is 32.7 Å². The summed E-state index contributed by atoms with van der Waals surface area (Å²) in [5.41, 5.74) is 0. The van der Waals surface area contributed by atoms with E-state index in [-0.39, 0.29) is 24.0 Å². The molecule has 0 aromatic carbocycles. The SMILES string of the molecule is Cc1nnc(CN=C(NCCCN2CCCCC2C)NC2CCCC2)n1C.I. The molecule has 1 atom stereocenters. The average Bonchev–Trinajstić information content (AvgIpc) is 3.29. The van der Waals surface area contributed by atoms with Gasteiger partial charge in [0.25, 0.3) is 0 Å². The summed E-state index contributed by atoms with van der Waals surface area (Å²) in [6.07, 6.45) is 10.4. The maximum absolute atomic E-state index is 4.79. The summed E-state index contributed by atoms with van der Waals surface area (Å²) in [4.78, 5) is 7.42. The summed E-state index contributed by atoms with van der Waals surface area (Å²) >= 11 is 0. The molecular formula is C20H38IN7. The van der Waals surface area contributed by atoms with Crippen molar-refractivity contribution >= 4 is 29.9 Å². The molecule has 2 aliphatic rings. The van der Waals surface area contributed by atoms with Gasteiger partial charge in [-0.15, -0.1) is 34.2 Å². The first-order valence-electron chi connectivity index (χ1n) is 10.8. The Hall–Kier alpha value is -0.900. The Labute approximate surface area is 187 Å². The van der Waals surface area contributed by atoms with Crippen molar-refractivity contribution < 1.29 is 0 Å². The van der Waals surface area contributed by atoms with Gasteiger partial charge in [-0.3, -0.25) is 0 Å². The molecule has 8 heteroatoms. The number of likely N-dealkylation sites (tertiary alicyclic amines) is 1. The van der Waals surface area contributed by atoms with Crippen LogP contribution in [0.1, 0.15) is 69.9 Å². The third-order valence-electron chi connectivity index (χ3n) is 6.11. The number of nitrogens with zero attached hydrogens (tertiary/aromatic N) is 5. The van der Waals surface area contributed by atoms with Gasteiger partial charge in [-0.05, 0) is 52.5 Å². The zero-order chi connectivity index (χ0) is 19.1. The van der Waals surface area contributed by atoms with Crippen LogP contribution in [0.25, 0.3) is 0 Å². The molecule has 28 heavy (non-hydrogen) atoms. The fraction of sp³-hybridized carbons (Fsp3) is 0.850. The van der Waals surface area contributed by atoms with Crippen molar-refractivity contribution in [1.29, 1.82) is 0 Å². The normalized spacial score (nSPS) is 21.5. The van der Waals surface area contributed by atoms with Crippen LogP contribution < -0.4 is 10.6 Å². The second-order valence-corrected chi connectivity index (χ2v) is 8.17. The van der Waals surface area contributed by atoms with E-state index < -0.39 is 0 Å². The van der Waals surface area contributed by atoms with Crippen LogP contribution in [0.3, 0.4) is 0 Å². The molecule has 1 saturated carbocycles. The van der Waals surface area contributed by atoms with E-state index in [0.717, 1.165) is 36.6 Å². The molecule has 2 N–H and O–H groups in total. The zero-order valence-corrected chi connectivity index (χ0v) is 20.1. The number of nitrogens with one attached hydrogen (secondary N) is 2. The van der Waals surface area contributed by atoms with Crippen LogP contribution in [0.5, 0.6) is 0 Å². The highest BCUT2D eigenvalue weighted by molar-refractivity contribution is 14.0. The molecule has 160 valence electrons. The molecule has 1 saturated heterocycles. The van der Waals surface area contributed by atoms with E-state index in [1.807, 2.05) is 18.5 Å². The molecule has 2 fully saturated rings. The average molecular weight is 503 g/mol. The lowest BCUT2D eigenvalue weighted by atomic mass is 10.0. The fourth-order valence-corrected chi connectivity index (χ4v) is 4.13. The number of guanidine groups is 1. The van der Waals surface area contributed by atoms with Crippen molar-refractivity contribution in [3.8, 4) is 0 Å². The minimum Gasteiger partial charge on any atom is -0.356 e. The Balaban J connectivity index is 0.00000280. The van der Waals surface area contributed by atoms with Crippen LogP contribution in [0.4, 0.5) is 0 Å². The van der Waals surface area contributed by atoms with E-state index in [1.54, 1.807) is 0 Å². The minimum atomic E-state index is 0. The molecule has 0 bridgehead atoms. The third-order valence-corrected chi connectivity index (χ3v) is 6.11. The van der Waals surface area contributed by atoms with Gasteiger partial charge in [0.2, 0.25) is 0 Å². The van der Waals surface area contributed by atoms with Crippen molar-refractivity contribution in [2.24, 2.45) is 12.0 Å². The maximum Gasteiger partial charge on any atom is 0.191 e. The van der Waals surface area contributed by atoms with Gasteiger partial charge in [0, 0.05) is 32.2 Å².